The summed E-state index contributed by atoms with van der Waals surface area (Å²) in [4.78, 5) is 12.4. The van der Waals surface area contributed by atoms with Gasteiger partial charge in [0.05, 0.1) is 19.0 Å². The third-order valence-electron chi connectivity index (χ3n) is 4.50. The minimum absolute atomic E-state index is 0.139. The van der Waals surface area contributed by atoms with Crippen LogP contribution in [0, 0.1) is 0 Å². The monoisotopic (exact) mass is 328 g/mol. The minimum Gasteiger partial charge on any atom is -0.497 e. The van der Waals surface area contributed by atoms with Crippen LogP contribution in [0.2, 0.25) is 0 Å². The van der Waals surface area contributed by atoms with Crippen molar-refractivity contribution in [3.63, 3.8) is 0 Å². The van der Waals surface area contributed by atoms with Gasteiger partial charge in [-0.2, -0.15) is 0 Å². The van der Waals surface area contributed by atoms with Crippen LogP contribution in [0.1, 0.15) is 55.4 Å². The van der Waals surface area contributed by atoms with Gasteiger partial charge in [0.2, 0.25) is 0 Å². The van der Waals surface area contributed by atoms with E-state index in [9.17, 15) is 4.79 Å². The lowest BCUT2D eigenvalue weighted by Crippen LogP contribution is -2.35. The summed E-state index contributed by atoms with van der Waals surface area (Å²) in [5, 5.41) is 11.2. The fourth-order valence-electron chi connectivity index (χ4n) is 3.09. The Kier molecular flexibility index (Phi) is 5.46. The second-order valence-corrected chi connectivity index (χ2v) is 6.26. The van der Waals surface area contributed by atoms with E-state index in [2.05, 4.69) is 15.6 Å². The first-order valence-electron chi connectivity index (χ1n) is 8.64. The molecule has 0 unspecified atom stereocenters. The lowest BCUT2D eigenvalue weighted by molar-refractivity contribution is 0.0925. The summed E-state index contributed by atoms with van der Waals surface area (Å²) in [6.07, 6.45) is 9.99. The summed E-state index contributed by atoms with van der Waals surface area (Å²) in [5.74, 6) is 0.640. The summed E-state index contributed by atoms with van der Waals surface area (Å²) in [6, 6.07) is 7.72. The largest absolute Gasteiger partial charge is 0.497 e. The number of hydrogen-bond acceptors (Lipinski definition) is 4. The first-order chi connectivity index (χ1) is 11.8. The average Bonchev–Trinajstić information content (AvgIpc) is 3.07. The quantitative estimate of drug-likeness (QED) is 0.936. The van der Waals surface area contributed by atoms with Gasteiger partial charge in [-0.1, -0.05) is 37.3 Å². The fourth-order valence-corrected chi connectivity index (χ4v) is 3.09. The molecule has 0 saturated heterocycles. The number of nitrogens with one attached hydrogen (secondary N) is 1. The van der Waals surface area contributed by atoms with Crippen LogP contribution in [-0.2, 0) is 0 Å². The minimum atomic E-state index is -0.139. The Labute approximate surface area is 142 Å². The van der Waals surface area contributed by atoms with Gasteiger partial charge in [-0.05, 0) is 37.1 Å². The maximum atomic E-state index is 12.4. The number of hydrogen-bond donors (Lipinski definition) is 1. The molecule has 0 aliphatic heterocycles. The highest BCUT2D eigenvalue weighted by molar-refractivity contribution is 5.92. The van der Waals surface area contributed by atoms with Crippen molar-refractivity contribution in [3.8, 4) is 11.4 Å². The van der Waals surface area contributed by atoms with E-state index in [1.165, 1.54) is 32.1 Å². The van der Waals surface area contributed by atoms with Crippen molar-refractivity contribution in [1.29, 1.82) is 0 Å². The van der Waals surface area contributed by atoms with Gasteiger partial charge in [0.15, 0.2) is 5.69 Å². The SMILES string of the molecule is COc1ccc(-n2cc(C(=O)NC3CCCCCCC3)nn2)cc1. The number of benzene rings is 1. The van der Waals surface area contributed by atoms with Crippen LogP contribution in [0.4, 0.5) is 0 Å². The highest BCUT2D eigenvalue weighted by Gasteiger charge is 2.17. The first-order valence-corrected chi connectivity index (χ1v) is 8.64. The Morgan fingerprint density at radius 3 is 2.46 bits per heavy atom. The molecule has 1 aliphatic carbocycles. The van der Waals surface area contributed by atoms with Crippen LogP contribution in [-0.4, -0.2) is 34.1 Å². The highest BCUT2D eigenvalue weighted by atomic mass is 16.5. The number of rotatable bonds is 4. The van der Waals surface area contributed by atoms with Crippen LogP contribution < -0.4 is 10.1 Å². The van der Waals surface area contributed by atoms with E-state index < -0.39 is 0 Å². The molecular formula is C18H24N4O2. The van der Waals surface area contributed by atoms with Crippen LogP contribution in [0.5, 0.6) is 5.75 Å². The van der Waals surface area contributed by atoms with Gasteiger partial charge in [0.1, 0.15) is 5.75 Å². The molecule has 1 heterocycles. The van der Waals surface area contributed by atoms with E-state index in [0.29, 0.717) is 5.69 Å². The third kappa shape index (κ3) is 4.13. The second-order valence-electron chi connectivity index (χ2n) is 6.26. The van der Waals surface area contributed by atoms with Gasteiger partial charge in [-0.3, -0.25) is 4.79 Å². The van der Waals surface area contributed by atoms with Crippen LogP contribution in [0.25, 0.3) is 5.69 Å². The van der Waals surface area contributed by atoms with E-state index in [1.807, 2.05) is 24.3 Å². The molecule has 1 amide bonds. The summed E-state index contributed by atoms with van der Waals surface area (Å²) in [5.41, 5.74) is 1.20. The van der Waals surface area contributed by atoms with Crippen molar-refractivity contribution in [2.24, 2.45) is 0 Å². The van der Waals surface area contributed by atoms with Crippen LogP contribution >= 0.6 is 0 Å². The van der Waals surface area contributed by atoms with E-state index in [4.69, 9.17) is 4.74 Å². The van der Waals surface area contributed by atoms with E-state index in [0.717, 1.165) is 24.3 Å². The lowest BCUT2D eigenvalue weighted by atomic mass is 9.97. The van der Waals surface area contributed by atoms with Gasteiger partial charge in [-0.25, -0.2) is 4.68 Å². The topological polar surface area (TPSA) is 69.0 Å². The van der Waals surface area contributed by atoms with Gasteiger partial charge in [0.25, 0.3) is 5.91 Å². The number of amides is 1. The molecule has 1 fully saturated rings. The molecule has 0 bridgehead atoms. The van der Waals surface area contributed by atoms with Gasteiger partial charge >= 0.3 is 0 Å². The van der Waals surface area contributed by atoms with Gasteiger partial charge in [-0.15, -0.1) is 5.10 Å². The molecule has 2 aromatic rings. The highest BCUT2D eigenvalue weighted by Crippen LogP contribution is 2.18. The summed E-state index contributed by atoms with van der Waals surface area (Å²) >= 11 is 0. The molecule has 24 heavy (non-hydrogen) atoms. The number of aromatic nitrogens is 3. The first kappa shape index (κ1) is 16.5. The molecule has 1 aromatic carbocycles. The molecule has 0 spiro atoms. The predicted octanol–water partition coefficient (Wildman–Crippen LogP) is 3.12. The Hall–Kier alpha value is -2.37. The van der Waals surface area contributed by atoms with Crippen molar-refractivity contribution in [1.82, 2.24) is 20.3 Å². The van der Waals surface area contributed by atoms with Crippen molar-refractivity contribution in [2.75, 3.05) is 7.11 Å². The third-order valence-corrected chi connectivity index (χ3v) is 4.50. The van der Waals surface area contributed by atoms with Crippen LogP contribution in [0.15, 0.2) is 30.5 Å². The zero-order valence-corrected chi connectivity index (χ0v) is 14.1. The molecule has 0 radical (unpaired) electrons. The average molecular weight is 328 g/mol. The smallest absolute Gasteiger partial charge is 0.273 e. The molecule has 1 aliphatic rings. The van der Waals surface area contributed by atoms with Gasteiger partial charge in [0, 0.05) is 6.04 Å². The molecule has 1 N–H and O–H groups in total. The molecule has 128 valence electrons. The summed E-state index contributed by atoms with van der Waals surface area (Å²) in [7, 11) is 1.63. The Bertz CT molecular complexity index is 658. The molecule has 1 saturated carbocycles. The second kappa shape index (κ2) is 7.95. The van der Waals surface area contributed by atoms with Crippen molar-refractivity contribution in [2.45, 2.75) is 51.0 Å². The Morgan fingerprint density at radius 2 is 1.79 bits per heavy atom. The Balaban J connectivity index is 1.64. The maximum Gasteiger partial charge on any atom is 0.273 e. The van der Waals surface area contributed by atoms with E-state index >= 15 is 0 Å². The zero-order valence-electron chi connectivity index (χ0n) is 14.1. The normalized spacial score (nSPS) is 16.2. The van der Waals surface area contributed by atoms with Crippen molar-refractivity contribution >= 4 is 5.91 Å². The number of nitrogens with zero attached hydrogens (tertiary/aromatic N) is 3. The van der Waals surface area contributed by atoms with E-state index in [1.54, 1.807) is 18.0 Å². The predicted molar refractivity (Wildman–Crippen MR) is 91.5 cm³/mol. The molecule has 6 nitrogen and oxygen atoms in total. The standard InChI is InChI=1S/C18H24N4O2/c1-24-16-11-9-15(10-12-16)22-13-17(20-21-22)18(23)19-14-7-5-3-2-4-6-8-14/h9-14H,2-8H2,1H3,(H,19,23). The van der Waals surface area contributed by atoms with Gasteiger partial charge < -0.3 is 10.1 Å². The van der Waals surface area contributed by atoms with Crippen molar-refractivity contribution < 1.29 is 9.53 Å². The maximum absolute atomic E-state index is 12.4. The molecule has 0 atom stereocenters. The summed E-state index contributed by atoms with van der Waals surface area (Å²) < 4.78 is 6.75. The number of carbonyl (C=O) groups is 1. The molecule has 3 rings (SSSR count). The number of carbonyl (C=O) groups excluding carboxylic acids is 1. The van der Waals surface area contributed by atoms with Crippen molar-refractivity contribution in [3.05, 3.63) is 36.2 Å². The van der Waals surface area contributed by atoms with Crippen LogP contribution in [0.3, 0.4) is 0 Å². The van der Waals surface area contributed by atoms with E-state index in [-0.39, 0.29) is 11.9 Å². The zero-order chi connectivity index (χ0) is 16.8. The molecule has 1 aromatic heterocycles. The Morgan fingerprint density at radius 1 is 1.12 bits per heavy atom. The summed E-state index contributed by atoms with van der Waals surface area (Å²) in [6.45, 7) is 0. The number of ether oxygens (including phenoxy) is 1. The molecular weight excluding hydrogens is 304 g/mol. The fraction of sp³-hybridized carbons (Fsp3) is 0.500. The number of methoxy groups -OCH3 is 1. The molecule has 6 heteroatoms. The lowest BCUT2D eigenvalue weighted by Gasteiger charge is -2.20.